The smallest absolute Gasteiger partial charge is 0.150 e. The number of hydrogen-bond donors (Lipinski definition) is 1. The van der Waals surface area contributed by atoms with Crippen LogP contribution in [0.15, 0.2) is 0 Å². The van der Waals surface area contributed by atoms with Crippen molar-refractivity contribution in [2.75, 3.05) is 44.4 Å². The van der Waals surface area contributed by atoms with Gasteiger partial charge < -0.3 is 15.5 Å². The number of rotatable bonds is 6. The molecule has 2 N–H and O–H groups in total. The lowest BCUT2D eigenvalue weighted by Crippen LogP contribution is -2.29. The van der Waals surface area contributed by atoms with Crippen molar-refractivity contribution in [3.8, 4) is 0 Å². The van der Waals surface area contributed by atoms with E-state index in [1.165, 1.54) is 0 Å². The van der Waals surface area contributed by atoms with Crippen LogP contribution in [-0.2, 0) is 7.05 Å². The Morgan fingerprint density at radius 1 is 1.29 bits per heavy atom. The highest BCUT2D eigenvalue weighted by atomic mass is 15.4. The summed E-state index contributed by atoms with van der Waals surface area (Å²) in [6.07, 6.45) is 1.13. The van der Waals surface area contributed by atoms with Crippen LogP contribution in [0.3, 0.4) is 0 Å². The minimum absolute atomic E-state index is 0.805. The predicted molar refractivity (Wildman–Crippen MR) is 73.4 cm³/mol. The standard InChI is InChI=1S/C12H25N5/c1-6-17(9-7-8-15(3)4)12-11(13)10(2)14-16(12)5/h6-9,13H2,1-5H3. The molecule has 0 saturated heterocycles. The lowest BCUT2D eigenvalue weighted by molar-refractivity contribution is 0.400. The van der Waals surface area contributed by atoms with Gasteiger partial charge in [-0.2, -0.15) is 5.10 Å². The largest absolute Gasteiger partial charge is 0.394 e. The molecule has 0 aliphatic rings. The summed E-state index contributed by atoms with van der Waals surface area (Å²) in [6, 6.07) is 0. The van der Waals surface area contributed by atoms with Crippen LogP contribution in [0.5, 0.6) is 0 Å². The van der Waals surface area contributed by atoms with Crippen LogP contribution < -0.4 is 10.6 Å². The van der Waals surface area contributed by atoms with Crippen LogP contribution >= 0.6 is 0 Å². The van der Waals surface area contributed by atoms with Gasteiger partial charge in [0.25, 0.3) is 0 Å². The van der Waals surface area contributed by atoms with Gasteiger partial charge in [-0.1, -0.05) is 0 Å². The SMILES string of the molecule is CCN(CCCN(C)C)c1c(N)c(C)nn1C. The van der Waals surface area contributed by atoms with E-state index in [0.717, 1.165) is 43.3 Å². The zero-order valence-electron chi connectivity index (χ0n) is 11.7. The van der Waals surface area contributed by atoms with Crippen LogP contribution in [0.4, 0.5) is 11.5 Å². The third-order valence-corrected chi connectivity index (χ3v) is 2.95. The third-order valence-electron chi connectivity index (χ3n) is 2.95. The topological polar surface area (TPSA) is 50.3 Å². The number of hydrogen-bond acceptors (Lipinski definition) is 4. The summed E-state index contributed by atoms with van der Waals surface area (Å²) < 4.78 is 1.88. The first kappa shape index (κ1) is 13.8. The maximum absolute atomic E-state index is 6.08. The highest BCUT2D eigenvalue weighted by Crippen LogP contribution is 2.25. The van der Waals surface area contributed by atoms with Gasteiger partial charge in [0.05, 0.1) is 11.4 Å². The number of nitrogens with two attached hydrogens (primary N) is 1. The fourth-order valence-corrected chi connectivity index (χ4v) is 2.03. The molecule has 0 aromatic carbocycles. The lowest BCUT2D eigenvalue weighted by Gasteiger charge is -2.24. The summed E-state index contributed by atoms with van der Waals surface area (Å²) in [7, 11) is 6.14. The highest BCUT2D eigenvalue weighted by Gasteiger charge is 2.15. The van der Waals surface area contributed by atoms with E-state index in [4.69, 9.17) is 5.73 Å². The van der Waals surface area contributed by atoms with Gasteiger partial charge in [-0.05, 0) is 40.9 Å². The Morgan fingerprint density at radius 2 is 1.94 bits per heavy atom. The van der Waals surface area contributed by atoms with Gasteiger partial charge in [0.15, 0.2) is 0 Å². The molecule has 0 radical (unpaired) electrons. The van der Waals surface area contributed by atoms with Crippen molar-refractivity contribution in [2.24, 2.45) is 7.05 Å². The van der Waals surface area contributed by atoms with Gasteiger partial charge in [-0.25, -0.2) is 0 Å². The molecule has 0 aliphatic heterocycles. The molecular formula is C12H25N5. The second-order valence-electron chi connectivity index (χ2n) is 4.68. The third kappa shape index (κ3) is 3.36. The van der Waals surface area contributed by atoms with Crippen LogP contribution in [0.2, 0.25) is 0 Å². The number of aromatic nitrogens is 2. The van der Waals surface area contributed by atoms with Crippen molar-refractivity contribution >= 4 is 11.5 Å². The van der Waals surface area contributed by atoms with Crippen LogP contribution in [0.1, 0.15) is 19.0 Å². The van der Waals surface area contributed by atoms with Crippen molar-refractivity contribution in [1.82, 2.24) is 14.7 Å². The number of aryl methyl sites for hydroxylation is 2. The monoisotopic (exact) mass is 239 g/mol. The Hall–Kier alpha value is -1.23. The first-order valence-electron chi connectivity index (χ1n) is 6.16. The van der Waals surface area contributed by atoms with Crippen molar-refractivity contribution in [1.29, 1.82) is 0 Å². The van der Waals surface area contributed by atoms with E-state index in [1.807, 2.05) is 18.7 Å². The van der Waals surface area contributed by atoms with E-state index in [-0.39, 0.29) is 0 Å². The van der Waals surface area contributed by atoms with Crippen molar-refractivity contribution in [3.05, 3.63) is 5.69 Å². The van der Waals surface area contributed by atoms with E-state index >= 15 is 0 Å². The highest BCUT2D eigenvalue weighted by molar-refractivity contribution is 5.66. The van der Waals surface area contributed by atoms with E-state index in [0.29, 0.717) is 0 Å². The van der Waals surface area contributed by atoms with Gasteiger partial charge in [0, 0.05) is 20.1 Å². The molecule has 0 spiro atoms. The quantitative estimate of drug-likeness (QED) is 0.807. The molecule has 17 heavy (non-hydrogen) atoms. The Kier molecular flexibility index (Phi) is 4.81. The predicted octanol–water partition coefficient (Wildman–Crippen LogP) is 1.09. The first-order valence-corrected chi connectivity index (χ1v) is 6.16. The van der Waals surface area contributed by atoms with Crippen molar-refractivity contribution < 1.29 is 0 Å². The fourth-order valence-electron chi connectivity index (χ4n) is 2.03. The molecule has 0 bridgehead atoms. The summed E-state index contributed by atoms with van der Waals surface area (Å²) in [5.74, 6) is 1.05. The zero-order chi connectivity index (χ0) is 13.0. The van der Waals surface area contributed by atoms with E-state index in [9.17, 15) is 0 Å². The molecule has 1 aromatic heterocycles. The summed E-state index contributed by atoms with van der Waals surface area (Å²) in [6.45, 7) is 7.16. The zero-order valence-corrected chi connectivity index (χ0v) is 11.7. The van der Waals surface area contributed by atoms with Crippen LogP contribution in [-0.4, -0.2) is 48.4 Å². The van der Waals surface area contributed by atoms with Gasteiger partial charge in [-0.15, -0.1) is 0 Å². The Balaban J connectivity index is 2.72. The maximum atomic E-state index is 6.08. The van der Waals surface area contributed by atoms with Crippen LogP contribution in [0.25, 0.3) is 0 Å². The lowest BCUT2D eigenvalue weighted by atomic mass is 10.3. The average Bonchev–Trinajstić information content (AvgIpc) is 2.49. The van der Waals surface area contributed by atoms with E-state index in [1.54, 1.807) is 0 Å². The summed E-state index contributed by atoms with van der Waals surface area (Å²) >= 11 is 0. The first-order chi connectivity index (χ1) is 7.97. The molecule has 98 valence electrons. The summed E-state index contributed by atoms with van der Waals surface area (Å²) in [5, 5.41) is 4.36. The molecular weight excluding hydrogens is 214 g/mol. The molecule has 0 unspecified atom stereocenters. The molecule has 0 fully saturated rings. The van der Waals surface area contributed by atoms with Gasteiger partial charge in [0.2, 0.25) is 0 Å². The average molecular weight is 239 g/mol. The molecule has 0 saturated carbocycles. The number of anilines is 2. The maximum Gasteiger partial charge on any atom is 0.150 e. The Bertz CT molecular complexity index is 356. The van der Waals surface area contributed by atoms with Gasteiger partial charge in [-0.3, -0.25) is 4.68 Å². The molecule has 0 atom stereocenters. The second kappa shape index (κ2) is 5.91. The molecule has 1 heterocycles. The molecule has 0 amide bonds. The molecule has 1 rings (SSSR count). The summed E-state index contributed by atoms with van der Waals surface area (Å²) in [4.78, 5) is 4.49. The Labute approximate surface area is 104 Å². The molecule has 0 aliphatic carbocycles. The van der Waals surface area contributed by atoms with Gasteiger partial charge >= 0.3 is 0 Å². The fraction of sp³-hybridized carbons (Fsp3) is 0.750. The number of nitrogens with zero attached hydrogens (tertiary/aromatic N) is 4. The number of nitrogen functional groups attached to an aromatic ring is 1. The molecule has 1 aromatic rings. The van der Waals surface area contributed by atoms with Crippen molar-refractivity contribution in [3.63, 3.8) is 0 Å². The second-order valence-corrected chi connectivity index (χ2v) is 4.68. The molecule has 5 nitrogen and oxygen atoms in total. The van der Waals surface area contributed by atoms with Gasteiger partial charge in [0.1, 0.15) is 5.82 Å². The Morgan fingerprint density at radius 3 is 2.35 bits per heavy atom. The van der Waals surface area contributed by atoms with Crippen molar-refractivity contribution in [2.45, 2.75) is 20.3 Å². The minimum atomic E-state index is 0.805. The van der Waals surface area contributed by atoms with Crippen LogP contribution in [0, 0.1) is 6.92 Å². The van der Waals surface area contributed by atoms with E-state index in [2.05, 4.69) is 35.9 Å². The molecule has 5 heteroatoms. The minimum Gasteiger partial charge on any atom is -0.394 e. The van der Waals surface area contributed by atoms with E-state index < -0.39 is 0 Å². The normalized spacial score (nSPS) is 11.2. The summed E-state index contributed by atoms with van der Waals surface area (Å²) in [5.41, 5.74) is 7.79.